The van der Waals surface area contributed by atoms with E-state index in [1.165, 1.54) is 31.2 Å². The number of hydrogen-bond acceptors (Lipinski definition) is 3. The molecule has 1 aromatic rings. The van der Waals surface area contributed by atoms with E-state index in [4.69, 9.17) is 9.47 Å². The average molecular weight is 263 g/mol. The summed E-state index contributed by atoms with van der Waals surface area (Å²) in [5, 5.41) is 3.38. The van der Waals surface area contributed by atoms with E-state index in [0.29, 0.717) is 6.04 Å². The number of benzene rings is 1. The summed E-state index contributed by atoms with van der Waals surface area (Å²) < 4.78 is 10.8. The van der Waals surface area contributed by atoms with E-state index < -0.39 is 0 Å². The molecule has 2 rings (SSSR count). The quantitative estimate of drug-likeness (QED) is 0.885. The van der Waals surface area contributed by atoms with Gasteiger partial charge in [0.25, 0.3) is 0 Å². The molecule has 0 spiro atoms. The van der Waals surface area contributed by atoms with Crippen molar-refractivity contribution in [3.63, 3.8) is 0 Å². The van der Waals surface area contributed by atoms with Crippen LogP contribution in [-0.2, 0) is 6.42 Å². The first-order valence-corrected chi connectivity index (χ1v) is 7.15. The standard InChI is InChI=1S/C16H25NO2/c1-17-14-6-4-12(5-7-14)10-13-11-15(18-2)8-9-16(13)19-3/h8-9,11-12,14,17H,4-7,10H2,1-3H3. The van der Waals surface area contributed by atoms with Crippen LogP contribution in [0.4, 0.5) is 0 Å². The second-order valence-corrected chi connectivity index (χ2v) is 5.39. The van der Waals surface area contributed by atoms with Gasteiger partial charge in [0.05, 0.1) is 14.2 Å². The van der Waals surface area contributed by atoms with Crippen LogP contribution in [0.15, 0.2) is 18.2 Å². The van der Waals surface area contributed by atoms with Crippen LogP contribution in [0.25, 0.3) is 0 Å². The van der Waals surface area contributed by atoms with E-state index in [2.05, 4.69) is 18.4 Å². The molecular formula is C16H25NO2. The predicted octanol–water partition coefficient (Wildman–Crippen LogP) is 3.02. The molecule has 0 unspecified atom stereocenters. The molecule has 0 atom stereocenters. The van der Waals surface area contributed by atoms with Crippen molar-refractivity contribution in [3.05, 3.63) is 23.8 Å². The van der Waals surface area contributed by atoms with E-state index in [1.807, 2.05) is 12.1 Å². The Bertz CT molecular complexity index is 398. The summed E-state index contributed by atoms with van der Waals surface area (Å²) in [5.41, 5.74) is 1.27. The third-order valence-corrected chi connectivity index (χ3v) is 4.25. The number of nitrogens with one attached hydrogen (secondary N) is 1. The van der Waals surface area contributed by atoms with Gasteiger partial charge < -0.3 is 14.8 Å². The minimum atomic E-state index is 0.712. The predicted molar refractivity (Wildman–Crippen MR) is 78.1 cm³/mol. The van der Waals surface area contributed by atoms with Crippen molar-refractivity contribution in [2.75, 3.05) is 21.3 Å². The van der Waals surface area contributed by atoms with Gasteiger partial charge in [0.1, 0.15) is 11.5 Å². The van der Waals surface area contributed by atoms with Crippen LogP contribution in [0.3, 0.4) is 0 Å². The largest absolute Gasteiger partial charge is 0.497 e. The molecular weight excluding hydrogens is 238 g/mol. The molecule has 19 heavy (non-hydrogen) atoms. The second kappa shape index (κ2) is 6.80. The molecule has 0 aliphatic heterocycles. The second-order valence-electron chi connectivity index (χ2n) is 5.39. The average Bonchev–Trinajstić information content (AvgIpc) is 2.48. The topological polar surface area (TPSA) is 30.5 Å². The molecule has 1 aliphatic carbocycles. The molecule has 0 bridgehead atoms. The Balaban J connectivity index is 2.02. The van der Waals surface area contributed by atoms with Crippen LogP contribution in [-0.4, -0.2) is 27.3 Å². The zero-order valence-corrected chi connectivity index (χ0v) is 12.2. The van der Waals surface area contributed by atoms with Gasteiger partial charge >= 0.3 is 0 Å². The first-order chi connectivity index (χ1) is 9.26. The van der Waals surface area contributed by atoms with Crippen LogP contribution < -0.4 is 14.8 Å². The highest BCUT2D eigenvalue weighted by atomic mass is 16.5. The van der Waals surface area contributed by atoms with Crippen molar-refractivity contribution in [2.24, 2.45) is 5.92 Å². The van der Waals surface area contributed by atoms with Gasteiger partial charge in [-0.2, -0.15) is 0 Å². The van der Waals surface area contributed by atoms with Gasteiger partial charge in [-0.3, -0.25) is 0 Å². The molecule has 1 fully saturated rings. The summed E-state index contributed by atoms with van der Waals surface area (Å²) >= 11 is 0. The van der Waals surface area contributed by atoms with Gasteiger partial charge in [0, 0.05) is 6.04 Å². The number of hydrogen-bond donors (Lipinski definition) is 1. The van der Waals surface area contributed by atoms with E-state index >= 15 is 0 Å². The molecule has 106 valence electrons. The van der Waals surface area contributed by atoms with Crippen LogP contribution in [0.5, 0.6) is 11.5 Å². The first-order valence-electron chi connectivity index (χ1n) is 7.15. The summed E-state index contributed by atoms with van der Waals surface area (Å²) in [6, 6.07) is 6.79. The molecule has 0 radical (unpaired) electrons. The summed E-state index contributed by atoms with van der Waals surface area (Å²) in [5.74, 6) is 2.67. The third-order valence-electron chi connectivity index (χ3n) is 4.25. The van der Waals surface area contributed by atoms with E-state index in [0.717, 1.165) is 23.8 Å². The van der Waals surface area contributed by atoms with Gasteiger partial charge in [0.2, 0.25) is 0 Å². The Hall–Kier alpha value is -1.22. The molecule has 3 heteroatoms. The molecule has 1 N–H and O–H groups in total. The highest BCUT2D eigenvalue weighted by molar-refractivity contribution is 5.40. The summed E-state index contributed by atoms with van der Waals surface area (Å²) in [6.07, 6.45) is 6.26. The Morgan fingerprint density at radius 2 is 1.84 bits per heavy atom. The van der Waals surface area contributed by atoms with Crippen molar-refractivity contribution >= 4 is 0 Å². The first kappa shape index (κ1) is 14.2. The van der Waals surface area contributed by atoms with Crippen LogP contribution >= 0.6 is 0 Å². The Morgan fingerprint density at radius 1 is 1.11 bits per heavy atom. The van der Waals surface area contributed by atoms with Crippen molar-refractivity contribution in [1.29, 1.82) is 0 Å². The lowest BCUT2D eigenvalue weighted by Crippen LogP contribution is -2.30. The van der Waals surface area contributed by atoms with Gasteiger partial charge in [0.15, 0.2) is 0 Å². The van der Waals surface area contributed by atoms with Crippen LogP contribution in [0.2, 0.25) is 0 Å². The SMILES string of the molecule is CNC1CCC(Cc2cc(OC)ccc2OC)CC1. The summed E-state index contributed by atoms with van der Waals surface area (Å²) in [7, 11) is 5.52. The van der Waals surface area contributed by atoms with Gasteiger partial charge in [-0.05, 0) is 68.8 Å². The smallest absolute Gasteiger partial charge is 0.122 e. The summed E-state index contributed by atoms with van der Waals surface area (Å²) in [4.78, 5) is 0. The minimum absolute atomic E-state index is 0.712. The minimum Gasteiger partial charge on any atom is -0.497 e. The molecule has 3 nitrogen and oxygen atoms in total. The van der Waals surface area contributed by atoms with E-state index in [9.17, 15) is 0 Å². The van der Waals surface area contributed by atoms with Crippen LogP contribution in [0.1, 0.15) is 31.2 Å². The van der Waals surface area contributed by atoms with E-state index in [1.54, 1.807) is 14.2 Å². The zero-order chi connectivity index (χ0) is 13.7. The zero-order valence-electron chi connectivity index (χ0n) is 12.2. The lowest BCUT2D eigenvalue weighted by atomic mass is 9.82. The highest BCUT2D eigenvalue weighted by Crippen LogP contribution is 2.32. The Kier molecular flexibility index (Phi) is 5.08. The molecule has 0 amide bonds. The number of methoxy groups -OCH3 is 2. The summed E-state index contributed by atoms with van der Waals surface area (Å²) in [6.45, 7) is 0. The van der Waals surface area contributed by atoms with Crippen molar-refractivity contribution in [3.8, 4) is 11.5 Å². The van der Waals surface area contributed by atoms with Crippen molar-refractivity contribution < 1.29 is 9.47 Å². The molecule has 0 saturated heterocycles. The fourth-order valence-electron chi connectivity index (χ4n) is 3.01. The Morgan fingerprint density at radius 3 is 2.42 bits per heavy atom. The lowest BCUT2D eigenvalue weighted by molar-refractivity contribution is 0.297. The van der Waals surface area contributed by atoms with Gasteiger partial charge in [-0.25, -0.2) is 0 Å². The monoisotopic (exact) mass is 263 g/mol. The maximum Gasteiger partial charge on any atom is 0.122 e. The fraction of sp³-hybridized carbons (Fsp3) is 0.625. The molecule has 1 aromatic carbocycles. The number of rotatable bonds is 5. The fourth-order valence-corrected chi connectivity index (χ4v) is 3.01. The van der Waals surface area contributed by atoms with Crippen molar-refractivity contribution in [2.45, 2.75) is 38.1 Å². The highest BCUT2D eigenvalue weighted by Gasteiger charge is 2.21. The van der Waals surface area contributed by atoms with Gasteiger partial charge in [-0.1, -0.05) is 0 Å². The lowest BCUT2D eigenvalue weighted by Gasteiger charge is -2.28. The molecule has 1 aliphatic rings. The van der Waals surface area contributed by atoms with E-state index in [-0.39, 0.29) is 0 Å². The molecule has 0 heterocycles. The Labute approximate surface area is 116 Å². The molecule has 0 aromatic heterocycles. The maximum absolute atomic E-state index is 5.46. The number of ether oxygens (including phenoxy) is 2. The normalized spacial score (nSPS) is 23.1. The molecule has 1 saturated carbocycles. The van der Waals surface area contributed by atoms with Crippen molar-refractivity contribution in [1.82, 2.24) is 5.32 Å². The van der Waals surface area contributed by atoms with Crippen LogP contribution in [0, 0.1) is 5.92 Å². The van der Waals surface area contributed by atoms with Gasteiger partial charge in [-0.15, -0.1) is 0 Å². The maximum atomic E-state index is 5.46. The third kappa shape index (κ3) is 3.63.